The van der Waals surface area contributed by atoms with Crippen molar-refractivity contribution in [3.63, 3.8) is 0 Å². The highest BCUT2D eigenvalue weighted by Crippen LogP contribution is 2.53. The van der Waals surface area contributed by atoms with Crippen LogP contribution in [0, 0.1) is 11.3 Å². The van der Waals surface area contributed by atoms with Crippen LogP contribution in [0.15, 0.2) is 36.4 Å². The summed E-state index contributed by atoms with van der Waals surface area (Å²) < 4.78 is 28.7. The number of hydrogen-bond acceptors (Lipinski definition) is 11. The van der Waals surface area contributed by atoms with Crippen LogP contribution in [0.3, 0.4) is 0 Å². The molecule has 0 fully saturated rings. The van der Waals surface area contributed by atoms with E-state index in [9.17, 15) is 10.4 Å². The van der Waals surface area contributed by atoms with E-state index in [4.69, 9.17) is 23.7 Å². The molecule has 1 aliphatic heterocycles. The van der Waals surface area contributed by atoms with Crippen LogP contribution in [0.5, 0.6) is 23.5 Å². The van der Waals surface area contributed by atoms with Crippen molar-refractivity contribution in [1.82, 2.24) is 14.9 Å². The molecule has 0 bridgehead atoms. The standard InChI is InChI=1S/C33H41N5O6/c1-10-11-12-24-21(19-34)13-14-25-30(24)32(37(4)5)31(22-15-26(40-6)35-27(16-22)41-7)33(39,43-9)38(25)23-17-28(42-8)36-29(18-23)44-20(2)3/h13-18,20,39H,10-12H2,1-9H3. The van der Waals surface area contributed by atoms with Gasteiger partial charge in [0, 0.05) is 51.0 Å². The van der Waals surface area contributed by atoms with E-state index in [2.05, 4.69) is 23.0 Å². The van der Waals surface area contributed by atoms with E-state index in [-0.39, 0.29) is 23.7 Å². The normalized spacial score (nSPS) is 16.0. The van der Waals surface area contributed by atoms with E-state index >= 15 is 0 Å². The van der Waals surface area contributed by atoms with Crippen LogP contribution in [0.1, 0.15) is 55.9 Å². The summed E-state index contributed by atoms with van der Waals surface area (Å²) in [5, 5.41) is 23.1. The molecule has 1 N–H and O–H groups in total. The summed E-state index contributed by atoms with van der Waals surface area (Å²) in [4.78, 5) is 12.4. The maximum absolute atomic E-state index is 12.9. The molecule has 1 atom stereocenters. The van der Waals surface area contributed by atoms with Crippen LogP contribution >= 0.6 is 0 Å². The second-order valence-electron chi connectivity index (χ2n) is 10.8. The number of methoxy groups -OCH3 is 4. The van der Waals surface area contributed by atoms with Crippen molar-refractivity contribution in [3.8, 4) is 29.6 Å². The fourth-order valence-electron chi connectivity index (χ4n) is 5.48. The Morgan fingerprint density at radius 1 is 0.955 bits per heavy atom. The van der Waals surface area contributed by atoms with Crippen molar-refractivity contribution in [2.75, 3.05) is 47.4 Å². The number of nitriles is 1. The molecule has 4 rings (SSSR count). The quantitative estimate of drug-likeness (QED) is 0.269. The Morgan fingerprint density at radius 3 is 2.07 bits per heavy atom. The van der Waals surface area contributed by atoms with Crippen molar-refractivity contribution >= 4 is 22.6 Å². The van der Waals surface area contributed by atoms with Crippen LogP contribution in [0.4, 0.5) is 11.4 Å². The molecule has 0 saturated carbocycles. The van der Waals surface area contributed by atoms with Gasteiger partial charge in [0.15, 0.2) is 0 Å². The second-order valence-corrected chi connectivity index (χ2v) is 10.8. The van der Waals surface area contributed by atoms with Crippen LogP contribution in [-0.2, 0) is 11.2 Å². The van der Waals surface area contributed by atoms with Gasteiger partial charge in [-0.3, -0.25) is 4.90 Å². The van der Waals surface area contributed by atoms with Crippen molar-refractivity contribution in [3.05, 3.63) is 58.7 Å². The average molecular weight is 604 g/mol. The molecular weight excluding hydrogens is 562 g/mol. The molecule has 2 aromatic heterocycles. The fraction of sp³-hybridized carbons (Fsp3) is 0.424. The summed E-state index contributed by atoms with van der Waals surface area (Å²) in [5.74, 6) is -0.923. The molecule has 0 aliphatic carbocycles. The molecule has 11 heteroatoms. The number of aliphatic hydroxyl groups is 1. The summed E-state index contributed by atoms with van der Waals surface area (Å²) >= 11 is 0. The van der Waals surface area contributed by atoms with Gasteiger partial charge in [0.1, 0.15) is 0 Å². The van der Waals surface area contributed by atoms with E-state index in [1.165, 1.54) is 28.4 Å². The Labute approximate surface area is 259 Å². The maximum Gasteiger partial charge on any atom is 0.284 e. The molecule has 3 heterocycles. The number of benzene rings is 1. The summed E-state index contributed by atoms with van der Waals surface area (Å²) in [7, 11) is 9.77. The van der Waals surface area contributed by atoms with Gasteiger partial charge in [-0.2, -0.15) is 15.2 Å². The van der Waals surface area contributed by atoms with Crippen LogP contribution < -0.4 is 23.8 Å². The van der Waals surface area contributed by atoms with Gasteiger partial charge in [-0.25, -0.2) is 0 Å². The van der Waals surface area contributed by atoms with Gasteiger partial charge in [-0.1, -0.05) is 13.3 Å². The first-order valence-electron chi connectivity index (χ1n) is 14.5. The van der Waals surface area contributed by atoms with Gasteiger partial charge in [0.25, 0.3) is 5.91 Å². The molecule has 1 aliphatic rings. The average Bonchev–Trinajstić information content (AvgIpc) is 3.01. The highest BCUT2D eigenvalue weighted by Gasteiger charge is 2.49. The number of anilines is 2. The molecule has 3 aromatic rings. The van der Waals surface area contributed by atoms with Gasteiger partial charge >= 0.3 is 0 Å². The van der Waals surface area contributed by atoms with Gasteiger partial charge in [0.05, 0.1) is 61.7 Å². The van der Waals surface area contributed by atoms with E-state index in [1.54, 1.807) is 35.2 Å². The van der Waals surface area contributed by atoms with Gasteiger partial charge < -0.3 is 33.7 Å². The first-order valence-corrected chi connectivity index (χ1v) is 14.5. The van der Waals surface area contributed by atoms with Crippen molar-refractivity contribution in [2.24, 2.45) is 0 Å². The van der Waals surface area contributed by atoms with Crippen molar-refractivity contribution in [2.45, 2.75) is 52.0 Å². The van der Waals surface area contributed by atoms with Crippen molar-refractivity contribution in [1.29, 1.82) is 5.26 Å². The highest BCUT2D eigenvalue weighted by molar-refractivity contribution is 6.03. The lowest BCUT2D eigenvalue weighted by molar-refractivity contribution is -0.131. The summed E-state index contributed by atoms with van der Waals surface area (Å²) in [6.07, 6.45) is 2.28. The minimum Gasteiger partial charge on any atom is -0.481 e. The maximum atomic E-state index is 12.9. The Balaban J connectivity index is 2.23. The molecule has 44 heavy (non-hydrogen) atoms. The molecule has 11 nitrogen and oxygen atoms in total. The summed E-state index contributed by atoms with van der Waals surface area (Å²) in [5.41, 5.74) is 4.93. The van der Waals surface area contributed by atoms with Crippen LogP contribution in [0.2, 0.25) is 0 Å². The Bertz CT molecular complexity index is 1560. The minimum absolute atomic E-state index is 0.163. The molecule has 0 saturated heterocycles. The van der Waals surface area contributed by atoms with Crippen molar-refractivity contribution < 1.29 is 28.8 Å². The van der Waals surface area contributed by atoms with Crippen LogP contribution in [-0.4, -0.2) is 74.5 Å². The molecule has 1 unspecified atom stereocenters. The van der Waals surface area contributed by atoms with E-state index in [1.807, 2.05) is 38.9 Å². The van der Waals surface area contributed by atoms with E-state index < -0.39 is 5.91 Å². The van der Waals surface area contributed by atoms with Gasteiger partial charge in [-0.05, 0) is 49.9 Å². The first kappa shape index (κ1) is 32.4. The SMILES string of the molecule is CCCCc1c(C#N)ccc2c1C(N(C)C)=C(c1cc(OC)nc(OC)c1)C(O)(OC)N2c1cc(OC)nc(OC(C)C)c1. The first-order chi connectivity index (χ1) is 21.1. The monoisotopic (exact) mass is 603 g/mol. The third-order valence-corrected chi connectivity index (χ3v) is 7.34. The minimum atomic E-state index is -2.10. The highest BCUT2D eigenvalue weighted by atomic mass is 16.6. The zero-order chi connectivity index (χ0) is 32.2. The van der Waals surface area contributed by atoms with Gasteiger partial charge in [-0.15, -0.1) is 0 Å². The third-order valence-electron chi connectivity index (χ3n) is 7.34. The Morgan fingerprint density at radius 2 is 1.55 bits per heavy atom. The Kier molecular flexibility index (Phi) is 9.87. The van der Waals surface area contributed by atoms with Gasteiger partial charge in [0.2, 0.25) is 23.5 Å². The lowest BCUT2D eigenvalue weighted by atomic mass is 9.84. The number of fused-ring (bicyclic) bond motifs is 1. The molecule has 0 amide bonds. The Hall–Kier alpha value is -4.53. The third kappa shape index (κ3) is 5.96. The largest absolute Gasteiger partial charge is 0.481 e. The molecule has 0 spiro atoms. The predicted octanol–water partition coefficient (Wildman–Crippen LogP) is 5.38. The smallest absolute Gasteiger partial charge is 0.284 e. The molecule has 1 aromatic carbocycles. The van der Waals surface area contributed by atoms with E-state index in [0.717, 1.165) is 24.0 Å². The van der Waals surface area contributed by atoms with E-state index in [0.29, 0.717) is 46.1 Å². The number of pyridine rings is 2. The number of ether oxygens (including phenoxy) is 5. The topological polar surface area (TPSA) is 122 Å². The second kappa shape index (κ2) is 13.4. The molecule has 234 valence electrons. The lowest BCUT2D eigenvalue weighted by Crippen LogP contribution is -2.52. The summed E-state index contributed by atoms with van der Waals surface area (Å²) in [6, 6.07) is 12.9. The zero-order valence-corrected chi connectivity index (χ0v) is 26.9. The summed E-state index contributed by atoms with van der Waals surface area (Å²) in [6.45, 7) is 5.92. The fourth-order valence-corrected chi connectivity index (χ4v) is 5.48. The number of hydrogen-bond donors (Lipinski definition) is 1. The lowest BCUT2D eigenvalue weighted by Gasteiger charge is -2.47. The zero-order valence-electron chi connectivity index (χ0n) is 26.9. The number of unbranched alkanes of at least 4 members (excludes halogenated alkanes) is 1. The number of aromatic nitrogens is 2. The van der Waals surface area contributed by atoms with Crippen LogP contribution in [0.25, 0.3) is 11.3 Å². The number of rotatable bonds is 12. The molecule has 0 radical (unpaired) electrons. The predicted molar refractivity (Wildman–Crippen MR) is 168 cm³/mol. The molecular formula is C33H41N5O6. The number of nitrogens with zero attached hydrogens (tertiary/aromatic N) is 5.